The molecule has 0 aliphatic heterocycles. The van der Waals surface area contributed by atoms with E-state index < -0.39 is 0 Å². The molecule has 0 saturated heterocycles. The van der Waals surface area contributed by atoms with E-state index in [1.54, 1.807) is 12.5 Å². The third-order valence-electron chi connectivity index (χ3n) is 3.84. The van der Waals surface area contributed by atoms with Crippen LogP contribution in [-0.4, -0.2) is 29.5 Å². The summed E-state index contributed by atoms with van der Waals surface area (Å²) in [4.78, 5) is 8.82. The molecule has 0 amide bonds. The number of pyridine rings is 1. The zero-order valence-corrected chi connectivity index (χ0v) is 13.8. The number of hydrogen-bond acceptors (Lipinski definition) is 4. The Morgan fingerprint density at radius 3 is 2.74 bits per heavy atom. The van der Waals surface area contributed by atoms with Crippen molar-refractivity contribution in [3.8, 4) is 0 Å². The zero-order valence-electron chi connectivity index (χ0n) is 13.8. The molecular weight excluding hydrogens is 288 g/mol. The molecule has 0 fully saturated rings. The summed E-state index contributed by atoms with van der Waals surface area (Å²) in [5, 5.41) is 8.46. The van der Waals surface area contributed by atoms with Crippen molar-refractivity contribution in [1.82, 2.24) is 29.5 Å². The fourth-order valence-corrected chi connectivity index (χ4v) is 2.55. The van der Waals surface area contributed by atoms with Gasteiger partial charge in [0.2, 0.25) is 0 Å². The van der Waals surface area contributed by atoms with Crippen molar-refractivity contribution in [2.45, 2.75) is 46.2 Å². The molecule has 3 aromatic heterocycles. The fraction of sp³-hybridized carbons (Fsp3) is 0.412. The third-order valence-corrected chi connectivity index (χ3v) is 3.84. The number of rotatable bonds is 6. The van der Waals surface area contributed by atoms with Gasteiger partial charge in [0.1, 0.15) is 5.69 Å². The summed E-state index contributed by atoms with van der Waals surface area (Å²) in [6.45, 7) is 7.86. The lowest BCUT2D eigenvalue weighted by Crippen LogP contribution is -2.07. The molecule has 0 aliphatic carbocycles. The van der Waals surface area contributed by atoms with Gasteiger partial charge in [0.15, 0.2) is 0 Å². The molecule has 23 heavy (non-hydrogen) atoms. The molecule has 0 N–H and O–H groups in total. The quantitative estimate of drug-likeness (QED) is 0.702. The topological polar surface area (TPSA) is 61.4 Å². The molecule has 120 valence electrons. The van der Waals surface area contributed by atoms with Gasteiger partial charge in [0.05, 0.1) is 25.6 Å². The minimum absolute atomic E-state index is 0.447. The second-order valence-electron chi connectivity index (χ2n) is 5.99. The van der Waals surface area contributed by atoms with E-state index >= 15 is 0 Å². The maximum Gasteiger partial charge on any atom is 0.102 e. The Kier molecular flexibility index (Phi) is 4.50. The molecule has 6 heteroatoms. The Hall–Kier alpha value is -2.50. The van der Waals surface area contributed by atoms with Gasteiger partial charge in [-0.25, -0.2) is 9.67 Å². The summed E-state index contributed by atoms with van der Waals surface area (Å²) in [6.07, 6.45) is 8.37. The van der Waals surface area contributed by atoms with Crippen LogP contribution in [-0.2, 0) is 19.5 Å². The average Bonchev–Trinajstić information content (AvgIpc) is 3.20. The molecule has 0 radical (unpaired) electrons. The summed E-state index contributed by atoms with van der Waals surface area (Å²) in [6, 6.07) is 4.28. The van der Waals surface area contributed by atoms with Crippen LogP contribution in [0.1, 0.15) is 49.3 Å². The Labute approximate surface area is 136 Å². The molecule has 0 aromatic carbocycles. The molecule has 0 bridgehead atoms. The number of imidazole rings is 1. The lowest BCUT2D eigenvalue weighted by atomic mass is 10.1. The lowest BCUT2D eigenvalue weighted by molar-refractivity contribution is 0.640. The number of aromatic nitrogens is 6. The highest BCUT2D eigenvalue weighted by molar-refractivity contribution is 5.24. The van der Waals surface area contributed by atoms with Gasteiger partial charge >= 0.3 is 0 Å². The van der Waals surface area contributed by atoms with Crippen LogP contribution in [0.4, 0.5) is 0 Å². The zero-order chi connectivity index (χ0) is 16.2. The standard InChI is InChI=1S/C17H22N6/c1-4-16-14(5-6-17(19-16)13(2)3)9-23-11-15(20-21-23)10-22-8-7-18-12-22/h5-8,11-13H,4,9-10H2,1-3H3. The Balaban J connectivity index is 1.75. The third kappa shape index (κ3) is 3.64. The average molecular weight is 310 g/mol. The van der Waals surface area contributed by atoms with Crippen molar-refractivity contribution in [3.63, 3.8) is 0 Å². The van der Waals surface area contributed by atoms with Gasteiger partial charge < -0.3 is 4.57 Å². The Morgan fingerprint density at radius 2 is 2.04 bits per heavy atom. The maximum absolute atomic E-state index is 4.78. The van der Waals surface area contributed by atoms with Crippen LogP contribution in [0.25, 0.3) is 0 Å². The molecule has 6 nitrogen and oxygen atoms in total. The van der Waals surface area contributed by atoms with Gasteiger partial charge in [0.25, 0.3) is 0 Å². The van der Waals surface area contributed by atoms with E-state index in [9.17, 15) is 0 Å². The first-order valence-corrected chi connectivity index (χ1v) is 7.99. The molecule has 0 unspecified atom stereocenters. The van der Waals surface area contributed by atoms with Crippen molar-refractivity contribution < 1.29 is 0 Å². The second-order valence-corrected chi connectivity index (χ2v) is 5.99. The van der Waals surface area contributed by atoms with Crippen molar-refractivity contribution >= 4 is 0 Å². The minimum atomic E-state index is 0.447. The maximum atomic E-state index is 4.78. The highest BCUT2D eigenvalue weighted by atomic mass is 15.4. The molecule has 0 spiro atoms. The minimum Gasteiger partial charge on any atom is -0.331 e. The van der Waals surface area contributed by atoms with Gasteiger partial charge in [-0.05, 0) is 24.0 Å². The van der Waals surface area contributed by atoms with E-state index in [2.05, 4.69) is 48.2 Å². The van der Waals surface area contributed by atoms with Crippen LogP contribution in [0.5, 0.6) is 0 Å². The van der Waals surface area contributed by atoms with Gasteiger partial charge in [-0.15, -0.1) is 5.10 Å². The first-order chi connectivity index (χ1) is 11.2. The Morgan fingerprint density at radius 1 is 1.17 bits per heavy atom. The van der Waals surface area contributed by atoms with Crippen molar-refractivity contribution in [1.29, 1.82) is 0 Å². The van der Waals surface area contributed by atoms with Crippen LogP contribution >= 0.6 is 0 Å². The first-order valence-electron chi connectivity index (χ1n) is 7.99. The number of hydrogen-bond donors (Lipinski definition) is 0. The van der Waals surface area contributed by atoms with Gasteiger partial charge in [-0.1, -0.05) is 32.1 Å². The van der Waals surface area contributed by atoms with E-state index in [-0.39, 0.29) is 0 Å². The van der Waals surface area contributed by atoms with E-state index in [0.717, 1.165) is 23.5 Å². The largest absolute Gasteiger partial charge is 0.331 e. The predicted molar refractivity (Wildman–Crippen MR) is 88.2 cm³/mol. The summed E-state index contributed by atoms with van der Waals surface area (Å²) >= 11 is 0. The molecule has 3 rings (SSSR count). The second kappa shape index (κ2) is 6.73. The lowest BCUT2D eigenvalue weighted by Gasteiger charge is -2.11. The molecule has 3 heterocycles. The van der Waals surface area contributed by atoms with E-state index in [0.29, 0.717) is 19.0 Å². The monoisotopic (exact) mass is 310 g/mol. The summed E-state index contributed by atoms with van der Waals surface area (Å²) < 4.78 is 3.85. The Bertz CT molecular complexity index is 757. The van der Waals surface area contributed by atoms with Gasteiger partial charge in [-0.2, -0.15) is 0 Å². The molecule has 0 saturated carbocycles. The van der Waals surface area contributed by atoms with Crippen molar-refractivity contribution in [2.75, 3.05) is 0 Å². The van der Waals surface area contributed by atoms with Gasteiger partial charge in [0, 0.05) is 23.8 Å². The summed E-state index contributed by atoms with van der Waals surface area (Å²) in [7, 11) is 0. The SMILES string of the molecule is CCc1nc(C(C)C)ccc1Cn1cc(Cn2ccnc2)nn1. The molecule has 3 aromatic rings. The first kappa shape index (κ1) is 15.4. The van der Waals surface area contributed by atoms with Crippen molar-refractivity contribution in [3.05, 3.63) is 59.7 Å². The number of nitrogens with zero attached hydrogens (tertiary/aromatic N) is 6. The smallest absolute Gasteiger partial charge is 0.102 e. The fourth-order valence-electron chi connectivity index (χ4n) is 2.55. The van der Waals surface area contributed by atoms with Crippen LogP contribution < -0.4 is 0 Å². The highest BCUT2D eigenvalue weighted by Crippen LogP contribution is 2.16. The highest BCUT2D eigenvalue weighted by Gasteiger charge is 2.09. The van der Waals surface area contributed by atoms with E-state index in [1.807, 2.05) is 21.6 Å². The van der Waals surface area contributed by atoms with Crippen LogP contribution in [0, 0.1) is 0 Å². The van der Waals surface area contributed by atoms with Crippen molar-refractivity contribution in [2.24, 2.45) is 0 Å². The van der Waals surface area contributed by atoms with E-state index in [1.165, 1.54) is 5.56 Å². The molecular formula is C17H22N6. The van der Waals surface area contributed by atoms with Crippen LogP contribution in [0.15, 0.2) is 37.1 Å². The summed E-state index contributed by atoms with van der Waals surface area (Å²) in [5.74, 6) is 0.447. The van der Waals surface area contributed by atoms with Crippen LogP contribution in [0.3, 0.4) is 0 Å². The molecule has 0 atom stereocenters. The normalized spacial score (nSPS) is 11.3. The predicted octanol–water partition coefficient (Wildman–Crippen LogP) is 2.65. The summed E-state index contributed by atoms with van der Waals surface area (Å²) in [5.41, 5.74) is 4.41. The molecule has 0 aliphatic rings. The number of aryl methyl sites for hydroxylation is 1. The van der Waals surface area contributed by atoms with Crippen LogP contribution in [0.2, 0.25) is 0 Å². The van der Waals surface area contributed by atoms with E-state index in [4.69, 9.17) is 4.98 Å². The van der Waals surface area contributed by atoms with Gasteiger partial charge in [-0.3, -0.25) is 4.98 Å².